The van der Waals surface area contributed by atoms with E-state index in [1.165, 1.54) is 0 Å². The summed E-state index contributed by atoms with van der Waals surface area (Å²) in [6.45, 7) is 3.36. The summed E-state index contributed by atoms with van der Waals surface area (Å²) in [4.78, 5) is 13.4. The average molecular weight is 201 g/mol. The molecule has 0 aromatic rings. The van der Waals surface area contributed by atoms with Crippen LogP contribution in [0.3, 0.4) is 0 Å². The number of nitrogens with one attached hydrogen (secondary N) is 1. The van der Waals surface area contributed by atoms with Crippen LogP contribution < -0.4 is 11.1 Å². The molecule has 1 heterocycles. The van der Waals surface area contributed by atoms with Gasteiger partial charge in [0.2, 0.25) is 5.91 Å². The Morgan fingerprint density at radius 2 is 2.50 bits per heavy atom. The summed E-state index contributed by atoms with van der Waals surface area (Å²) in [6, 6.07) is 0.238. The lowest BCUT2D eigenvalue weighted by Crippen LogP contribution is -2.38. The lowest BCUT2D eigenvalue weighted by molar-refractivity contribution is -0.122. The number of carbonyl (C=O) groups excluding carboxylic acids is 1. The molecule has 0 spiro atoms. The van der Waals surface area contributed by atoms with Crippen LogP contribution in [0.25, 0.3) is 0 Å². The zero-order valence-corrected chi connectivity index (χ0v) is 8.66. The summed E-state index contributed by atoms with van der Waals surface area (Å²) in [5.41, 5.74) is 5.73. The highest BCUT2D eigenvalue weighted by molar-refractivity contribution is 5.78. The quantitative estimate of drug-likeness (QED) is 0.547. The third kappa shape index (κ3) is 4.04. The van der Waals surface area contributed by atoms with Gasteiger partial charge in [-0.2, -0.15) is 0 Å². The molecule has 3 N–H and O–H groups in total. The van der Waals surface area contributed by atoms with Crippen molar-refractivity contribution < 1.29 is 9.53 Å². The first-order chi connectivity index (χ1) is 6.72. The van der Waals surface area contributed by atoms with Crippen molar-refractivity contribution in [3.63, 3.8) is 0 Å². The Hall–Kier alpha value is -0.650. The third-order valence-electron chi connectivity index (χ3n) is 2.30. The fourth-order valence-corrected chi connectivity index (χ4v) is 1.56. The Labute approximate surface area is 84.6 Å². The first kappa shape index (κ1) is 11.4. The molecule has 5 heteroatoms. The second kappa shape index (κ2) is 5.95. The number of carbonyl (C=O) groups is 1. The van der Waals surface area contributed by atoms with E-state index in [9.17, 15) is 4.79 Å². The number of nitrogens with zero attached hydrogens (tertiary/aromatic N) is 1. The molecule has 1 atom stereocenters. The molecule has 14 heavy (non-hydrogen) atoms. The van der Waals surface area contributed by atoms with Crippen LogP contribution in [0.15, 0.2) is 0 Å². The second-order valence-electron chi connectivity index (χ2n) is 3.63. The third-order valence-corrected chi connectivity index (χ3v) is 2.30. The Balaban J connectivity index is 2.08. The van der Waals surface area contributed by atoms with Crippen LogP contribution >= 0.6 is 0 Å². The first-order valence-electron chi connectivity index (χ1n) is 4.96. The summed E-state index contributed by atoms with van der Waals surface area (Å²) < 4.78 is 4.83. The number of rotatable bonds is 5. The van der Waals surface area contributed by atoms with E-state index < -0.39 is 0 Å². The van der Waals surface area contributed by atoms with E-state index in [4.69, 9.17) is 10.5 Å². The van der Waals surface area contributed by atoms with Crippen molar-refractivity contribution in [3.8, 4) is 0 Å². The van der Waals surface area contributed by atoms with E-state index in [0.29, 0.717) is 19.7 Å². The molecule has 1 fully saturated rings. The average Bonchev–Trinajstić information content (AvgIpc) is 2.52. The maximum atomic E-state index is 11.3. The normalized spacial score (nSPS) is 22.6. The molecule has 0 aromatic carbocycles. The Morgan fingerprint density at radius 3 is 3.07 bits per heavy atom. The van der Waals surface area contributed by atoms with Crippen molar-refractivity contribution in [2.24, 2.45) is 5.73 Å². The number of hydrogen-bond donors (Lipinski definition) is 2. The van der Waals surface area contributed by atoms with E-state index in [-0.39, 0.29) is 11.9 Å². The highest BCUT2D eigenvalue weighted by atomic mass is 16.5. The molecular weight excluding hydrogens is 182 g/mol. The maximum absolute atomic E-state index is 11.3. The summed E-state index contributed by atoms with van der Waals surface area (Å²) in [6.07, 6.45) is 0.991. The number of hydrogen-bond acceptors (Lipinski definition) is 4. The van der Waals surface area contributed by atoms with Crippen LogP contribution in [-0.2, 0) is 9.53 Å². The first-order valence-corrected chi connectivity index (χ1v) is 4.96. The number of ether oxygens (including phenoxy) is 1. The smallest absolute Gasteiger partial charge is 0.234 e. The summed E-state index contributed by atoms with van der Waals surface area (Å²) >= 11 is 0. The number of nitrogens with two attached hydrogens (primary N) is 1. The fourth-order valence-electron chi connectivity index (χ4n) is 1.56. The minimum absolute atomic E-state index is 0.0520. The van der Waals surface area contributed by atoms with Gasteiger partial charge in [0.15, 0.2) is 0 Å². The molecule has 0 saturated carbocycles. The van der Waals surface area contributed by atoms with Gasteiger partial charge in [0, 0.05) is 32.8 Å². The Bertz CT molecular complexity index is 187. The molecule has 1 aliphatic rings. The zero-order chi connectivity index (χ0) is 10.4. The van der Waals surface area contributed by atoms with E-state index in [1.54, 1.807) is 7.11 Å². The van der Waals surface area contributed by atoms with E-state index in [0.717, 1.165) is 19.5 Å². The molecule has 0 unspecified atom stereocenters. The molecule has 1 aliphatic heterocycles. The number of methoxy groups -OCH3 is 1. The maximum Gasteiger partial charge on any atom is 0.234 e. The molecule has 0 radical (unpaired) electrons. The highest BCUT2D eigenvalue weighted by Gasteiger charge is 2.20. The van der Waals surface area contributed by atoms with Gasteiger partial charge in [-0.05, 0) is 6.42 Å². The molecule has 0 aliphatic carbocycles. The van der Waals surface area contributed by atoms with Crippen LogP contribution in [0.1, 0.15) is 6.42 Å². The predicted molar refractivity (Wildman–Crippen MR) is 53.9 cm³/mol. The standard InChI is InChI=1S/C9H19N3O2/c1-14-5-3-11-9(13)7-12-4-2-8(10)6-12/h8H,2-7,10H2,1H3,(H,11,13)/t8-/m1/s1. The van der Waals surface area contributed by atoms with Gasteiger partial charge in [0.1, 0.15) is 0 Å². The largest absolute Gasteiger partial charge is 0.383 e. The number of likely N-dealkylation sites (tertiary alicyclic amines) is 1. The molecule has 0 bridgehead atoms. The van der Waals surface area contributed by atoms with Gasteiger partial charge in [0.05, 0.1) is 13.2 Å². The predicted octanol–water partition coefficient (Wildman–Crippen LogP) is -1.22. The molecule has 1 rings (SSSR count). The van der Waals surface area contributed by atoms with Gasteiger partial charge < -0.3 is 15.8 Å². The molecule has 82 valence electrons. The van der Waals surface area contributed by atoms with Gasteiger partial charge in [-0.3, -0.25) is 9.69 Å². The second-order valence-corrected chi connectivity index (χ2v) is 3.63. The van der Waals surface area contributed by atoms with Crippen molar-refractivity contribution >= 4 is 5.91 Å². The Kier molecular flexibility index (Phi) is 4.86. The van der Waals surface area contributed by atoms with Gasteiger partial charge in [-0.1, -0.05) is 0 Å². The minimum Gasteiger partial charge on any atom is -0.383 e. The lowest BCUT2D eigenvalue weighted by atomic mass is 10.3. The van der Waals surface area contributed by atoms with Crippen LogP contribution in [0, 0.1) is 0 Å². The summed E-state index contributed by atoms with van der Waals surface area (Å²) in [7, 11) is 1.62. The van der Waals surface area contributed by atoms with Crippen molar-refractivity contribution in [1.82, 2.24) is 10.2 Å². The van der Waals surface area contributed by atoms with Crippen molar-refractivity contribution in [3.05, 3.63) is 0 Å². The number of amides is 1. The minimum atomic E-state index is 0.0520. The van der Waals surface area contributed by atoms with Gasteiger partial charge in [0.25, 0.3) is 0 Å². The van der Waals surface area contributed by atoms with Crippen molar-refractivity contribution in [1.29, 1.82) is 0 Å². The van der Waals surface area contributed by atoms with Gasteiger partial charge in [-0.25, -0.2) is 0 Å². The van der Waals surface area contributed by atoms with E-state index >= 15 is 0 Å². The van der Waals surface area contributed by atoms with Crippen molar-refractivity contribution in [2.45, 2.75) is 12.5 Å². The Morgan fingerprint density at radius 1 is 1.71 bits per heavy atom. The van der Waals surface area contributed by atoms with Gasteiger partial charge >= 0.3 is 0 Å². The SMILES string of the molecule is COCCNC(=O)CN1CC[C@@H](N)C1. The molecule has 5 nitrogen and oxygen atoms in total. The molecule has 1 amide bonds. The van der Waals surface area contributed by atoms with Crippen molar-refractivity contribution in [2.75, 3.05) is 39.9 Å². The van der Waals surface area contributed by atoms with Crippen LogP contribution in [0.4, 0.5) is 0 Å². The molecular formula is C9H19N3O2. The zero-order valence-electron chi connectivity index (χ0n) is 8.66. The summed E-state index contributed by atoms with van der Waals surface area (Å²) in [5.74, 6) is 0.0520. The highest BCUT2D eigenvalue weighted by Crippen LogP contribution is 2.05. The van der Waals surface area contributed by atoms with Crippen LogP contribution in [0.5, 0.6) is 0 Å². The van der Waals surface area contributed by atoms with Crippen LogP contribution in [0.2, 0.25) is 0 Å². The lowest BCUT2D eigenvalue weighted by Gasteiger charge is -2.14. The topological polar surface area (TPSA) is 67.6 Å². The monoisotopic (exact) mass is 201 g/mol. The van der Waals surface area contributed by atoms with Crippen LogP contribution in [-0.4, -0.2) is 56.7 Å². The van der Waals surface area contributed by atoms with Gasteiger partial charge in [-0.15, -0.1) is 0 Å². The fraction of sp³-hybridized carbons (Fsp3) is 0.889. The molecule has 1 saturated heterocycles. The van der Waals surface area contributed by atoms with E-state index in [1.807, 2.05) is 0 Å². The van der Waals surface area contributed by atoms with E-state index in [2.05, 4.69) is 10.2 Å². The molecule has 0 aromatic heterocycles. The summed E-state index contributed by atoms with van der Waals surface area (Å²) in [5, 5.41) is 2.78.